The Morgan fingerprint density at radius 3 is 2.71 bits per heavy atom. The number of nitriles is 1. The maximum absolute atomic E-state index is 8.90. The van der Waals surface area contributed by atoms with Crippen LogP contribution in [0.4, 0.5) is 5.82 Å². The zero-order valence-electron chi connectivity index (χ0n) is 10.1. The average molecular weight is 230 g/mol. The Morgan fingerprint density at radius 2 is 2.06 bits per heavy atom. The molecule has 1 aromatic heterocycles. The van der Waals surface area contributed by atoms with Gasteiger partial charge >= 0.3 is 0 Å². The van der Waals surface area contributed by atoms with E-state index >= 15 is 0 Å². The molecule has 1 aliphatic carbocycles. The van der Waals surface area contributed by atoms with Gasteiger partial charge in [-0.25, -0.2) is 4.98 Å². The van der Waals surface area contributed by atoms with E-state index < -0.39 is 0 Å². The maximum atomic E-state index is 8.90. The van der Waals surface area contributed by atoms with Crippen LogP contribution in [0.5, 0.6) is 0 Å². The van der Waals surface area contributed by atoms with Crippen molar-refractivity contribution in [3.63, 3.8) is 0 Å². The van der Waals surface area contributed by atoms with Gasteiger partial charge in [-0.2, -0.15) is 5.26 Å². The summed E-state index contributed by atoms with van der Waals surface area (Å²) in [6, 6.07) is 6.55. The fourth-order valence-corrected chi connectivity index (χ4v) is 2.28. The molecule has 0 radical (unpaired) electrons. The topological polar surface area (TPSA) is 74.7 Å². The standard InChI is InChI=1S/C13H18N4/c1-9-6-10(8-14)7-13(16-9)17-12-4-2-11(15)3-5-12/h6-7,11-12H,2-5,15H2,1H3,(H,16,17). The van der Waals surface area contributed by atoms with Crippen LogP contribution in [0.15, 0.2) is 12.1 Å². The second-order valence-corrected chi connectivity index (χ2v) is 4.75. The molecule has 90 valence electrons. The van der Waals surface area contributed by atoms with Gasteiger partial charge in [-0.3, -0.25) is 0 Å². The van der Waals surface area contributed by atoms with E-state index in [1.54, 1.807) is 6.07 Å². The molecule has 0 unspecified atom stereocenters. The number of hydrogen-bond acceptors (Lipinski definition) is 4. The molecular weight excluding hydrogens is 212 g/mol. The molecule has 1 aromatic rings. The maximum Gasteiger partial charge on any atom is 0.127 e. The first-order valence-electron chi connectivity index (χ1n) is 6.08. The minimum atomic E-state index is 0.355. The molecule has 0 amide bonds. The molecular formula is C13H18N4. The van der Waals surface area contributed by atoms with Crippen LogP contribution in [0, 0.1) is 18.3 Å². The number of rotatable bonds is 2. The van der Waals surface area contributed by atoms with E-state index in [1.807, 2.05) is 13.0 Å². The number of anilines is 1. The van der Waals surface area contributed by atoms with Crippen molar-refractivity contribution in [2.75, 3.05) is 5.32 Å². The van der Waals surface area contributed by atoms with Crippen LogP contribution < -0.4 is 11.1 Å². The van der Waals surface area contributed by atoms with E-state index in [0.29, 0.717) is 17.6 Å². The lowest BCUT2D eigenvalue weighted by Crippen LogP contribution is -2.33. The highest BCUT2D eigenvalue weighted by atomic mass is 15.0. The van der Waals surface area contributed by atoms with Crippen molar-refractivity contribution < 1.29 is 0 Å². The van der Waals surface area contributed by atoms with Gasteiger partial charge in [0.25, 0.3) is 0 Å². The molecule has 1 saturated carbocycles. The van der Waals surface area contributed by atoms with Gasteiger partial charge in [-0.1, -0.05) is 0 Å². The molecule has 0 bridgehead atoms. The quantitative estimate of drug-likeness (QED) is 0.814. The normalized spacial score (nSPS) is 24.1. The van der Waals surface area contributed by atoms with Gasteiger partial charge in [-0.05, 0) is 44.7 Å². The van der Waals surface area contributed by atoms with Gasteiger partial charge in [0.2, 0.25) is 0 Å². The summed E-state index contributed by atoms with van der Waals surface area (Å²) >= 11 is 0. The summed E-state index contributed by atoms with van der Waals surface area (Å²) < 4.78 is 0. The number of aryl methyl sites for hydroxylation is 1. The molecule has 0 spiro atoms. The summed E-state index contributed by atoms with van der Waals surface area (Å²) in [5, 5.41) is 12.3. The first-order chi connectivity index (χ1) is 8.17. The van der Waals surface area contributed by atoms with E-state index in [9.17, 15) is 0 Å². The van der Waals surface area contributed by atoms with Crippen molar-refractivity contribution in [2.45, 2.75) is 44.7 Å². The molecule has 0 atom stereocenters. The fourth-order valence-electron chi connectivity index (χ4n) is 2.28. The number of nitrogens with one attached hydrogen (secondary N) is 1. The molecule has 1 aliphatic rings. The molecule has 0 aromatic carbocycles. The third-order valence-electron chi connectivity index (χ3n) is 3.21. The van der Waals surface area contributed by atoms with Gasteiger partial charge in [0.05, 0.1) is 11.6 Å². The molecule has 4 nitrogen and oxygen atoms in total. The molecule has 1 fully saturated rings. The van der Waals surface area contributed by atoms with Crippen LogP contribution in [0.25, 0.3) is 0 Å². The lowest BCUT2D eigenvalue weighted by Gasteiger charge is -2.27. The first-order valence-corrected chi connectivity index (χ1v) is 6.08. The Labute approximate surface area is 102 Å². The van der Waals surface area contributed by atoms with Crippen LogP contribution in [-0.4, -0.2) is 17.1 Å². The molecule has 0 saturated heterocycles. The number of hydrogen-bond donors (Lipinski definition) is 2. The van der Waals surface area contributed by atoms with E-state index in [2.05, 4.69) is 16.4 Å². The summed E-state index contributed by atoms with van der Waals surface area (Å²) in [5.41, 5.74) is 7.41. The smallest absolute Gasteiger partial charge is 0.127 e. The predicted octanol–water partition coefficient (Wildman–Crippen LogP) is 1.94. The summed E-state index contributed by atoms with van der Waals surface area (Å²) in [7, 11) is 0. The van der Waals surface area contributed by atoms with Crippen LogP contribution in [-0.2, 0) is 0 Å². The average Bonchev–Trinajstić information content (AvgIpc) is 2.31. The Bertz CT molecular complexity index is 428. The highest BCUT2D eigenvalue weighted by Crippen LogP contribution is 2.21. The summed E-state index contributed by atoms with van der Waals surface area (Å²) in [6.07, 6.45) is 4.29. The predicted molar refractivity (Wildman–Crippen MR) is 67.5 cm³/mol. The van der Waals surface area contributed by atoms with E-state index in [0.717, 1.165) is 37.2 Å². The number of pyridine rings is 1. The molecule has 3 N–H and O–H groups in total. The van der Waals surface area contributed by atoms with Gasteiger partial charge in [0.1, 0.15) is 5.82 Å². The van der Waals surface area contributed by atoms with Crippen LogP contribution in [0.2, 0.25) is 0 Å². The molecule has 4 heteroatoms. The van der Waals surface area contributed by atoms with Crippen molar-refractivity contribution >= 4 is 5.82 Å². The number of nitrogens with two attached hydrogens (primary N) is 1. The first kappa shape index (κ1) is 11.9. The van der Waals surface area contributed by atoms with E-state index in [1.165, 1.54) is 0 Å². The Kier molecular flexibility index (Phi) is 3.60. The minimum absolute atomic E-state index is 0.355. The van der Waals surface area contributed by atoms with Gasteiger partial charge in [0, 0.05) is 17.8 Å². The van der Waals surface area contributed by atoms with Crippen molar-refractivity contribution in [1.29, 1.82) is 5.26 Å². The monoisotopic (exact) mass is 230 g/mol. The van der Waals surface area contributed by atoms with Crippen molar-refractivity contribution in [2.24, 2.45) is 5.73 Å². The third kappa shape index (κ3) is 3.18. The number of aromatic nitrogens is 1. The van der Waals surface area contributed by atoms with Crippen molar-refractivity contribution in [1.82, 2.24) is 4.98 Å². The summed E-state index contributed by atoms with van der Waals surface area (Å²) in [6.45, 7) is 1.91. The summed E-state index contributed by atoms with van der Waals surface area (Å²) in [4.78, 5) is 4.40. The highest BCUT2D eigenvalue weighted by Gasteiger charge is 2.18. The number of nitrogens with zero attached hydrogens (tertiary/aromatic N) is 2. The van der Waals surface area contributed by atoms with Crippen LogP contribution in [0.1, 0.15) is 36.9 Å². The summed E-state index contributed by atoms with van der Waals surface area (Å²) in [5.74, 6) is 0.807. The van der Waals surface area contributed by atoms with Gasteiger partial charge < -0.3 is 11.1 Å². The van der Waals surface area contributed by atoms with E-state index in [4.69, 9.17) is 11.0 Å². The van der Waals surface area contributed by atoms with Crippen LogP contribution in [0.3, 0.4) is 0 Å². The van der Waals surface area contributed by atoms with E-state index in [-0.39, 0.29) is 0 Å². The SMILES string of the molecule is Cc1cc(C#N)cc(NC2CCC(N)CC2)n1. The second kappa shape index (κ2) is 5.15. The molecule has 17 heavy (non-hydrogen) atoms. The second-order valence-electron chi connectivity index (χ2n) is 4.75. The Balaban J connectivity index is 2.03. The van der Waals surface area contributed by atoms with Crippen molar-refractivity contribution in [3.8, 4) is 6.07 Å². The molecule has 1 heterocycles. The molecule has 2 rings (SSSR count). The van der Waals surface area contributed by atoms with Gasteiger partial charge in [0.15, 0.2) is 0 Å². The largest absolute Gasteiger partial charge is 0.367 e. The third-order valence-corrected chi connectivity index (χ3v) is 3.21. The zero-order valence-corrected chi connectivity index (χ0v) is 10.1. The lowest BCUT2D eigenvalue weighted by atomic mass is 9.92. The Morgan fingerprint density at radius 1 is 1.35 bits per heavy atom. The fraction of sp³-hybridized carbons (Fsp3) is 0.538. The van der Waals surface area contributed by atoms with Crippen LogP contribution >= 0.6 is 0 Å². The lowest BCUT2D eigenvalue weighted by molar-refractivity contribution is 0.410. The molecule has 0 aliphatic heterocycles. The Hall–Kier alpha value is -1.60. The highest BCUT2D eigenvalue weighted by molar-refractivity contribution is 5.45. The minimum Gasteiger partial charge on any atom is -0.367 e. The van der Waals surface area contributed by atoms with Crippen molar-refractivity contribution in [3.05, 3.63) is 23.4 Å². The zero-order chi connectivity index (χ0) is 12.3. The van der Waals surface area contributed by atoms with Gasteiger partial charge in [-0.15, -0.1) is 0 Å².